The molecule has 0 saturated carbocycles. The maximum absolute atomic E-state index is 11.8. The smallest absolute Gasteiger partial charge is 0.239 e. The van der Waals surface area contributed by atoms with Crippen molar-refractivity contribution in [3.8, 4) is 0 Å². The Morgan fingerprint density at radius 1 is 1.00 bits per heavy atom. The summed E-state index contributed by atoms with van der Waals surface area (Å²) in [7, 11) is 1.89. The Morgan fingerprint density at radius 2 is 1.74 bits per heavy atom. The molecule has 2 amide bonds. The van der Waals surface area contributed by atoms with Crippen molar-refractivity contribution in [1.29, 1.82) is 0 Å². The van der Waals surface area contributed by atoms with E-state index in [0.717, 1.165) is 5.56 Å². The molecule has 0 atom stereocenters. The number of nitrogens with one attached hydrogen (secondary N) is 2. The molecule has 2 aromatic rings. The molecule has 2 N–H and O–H groups in total. The number of rotatable bonds is 7. The predicted octanol–water partition coefficient (Wildman–Crippen LogP) is 1.52. The van der Waals surface area contributed by atoms with Gasteiger partial charge in [0, 0.05) is 13.1 Å². The van der Waals surface area contributed by atoms with Gasteiger partial charge in [0.2, 0.25) is 11.8 Å². The van der Waals surface area contributed by atoms with Crippen molar-refractivity contribution < 1.29 is 9.59 Å². The van der Waals surface area contributed by atoms with Gasteiger partial charge >= 0.3 is 0 Å². The second-order valence-corrected chi connectivity index (χ2v) is 5.58. The summed E-state index contributed by atoms with van der Waals surface area (Å²) in [4.78, 5) is 25.1. The van der Waals surface area contributed by atoms with Gasteiger partial charge in [-0.3, -0.25) is 14.5 Å². The van der Waals surface area contributed by atoms with E-state index in [-0.39, 0.29) is 24.9 Å². The van der Waals surface area contributed by atoms with Crippen molar-refractivity contribution >= 4 is 22.6 Å². The van der Waals surface area contributed by atoms with Crippen LogP contribution in [-0.4, -0.2) is 43.4 Å². The van der Waals surface area contributed by atoms with Gasteiger partial charge < -0.3 is 10.6 Å². The molecule has 0 unspecified atom stereocenters. The first-order chi connectivity index (χ1) is 11.1. The number of fused-ring (bicyclic) bond motifs is 1. The Morgan fingerprint density at radius 3 is 2.48 bits per heavy atom. The van der Waals surface area contributed by atoms with Crippen LogP contribution in [-0.2, 0) is 16.1 Å². The van der Waals surface area contributed by atoms with Crippen molar-refractivity contribution in [1.82, 2.24) is 15.5 Å². The first-order valence-corrected chi connectivity index (χ1v) is 7.78. The molecular formula is C18H23N3O2. The summed E-state index contributed by atoms with van der Waals surface area (Å²) in [5, 5.41) is 7.67. The fourth-order valence-corrected chi connectivity index (χ4v) is 2.44. The van der Waals surface area contributed by atoms with E-state index in [2.05, 4.69) is 41.0 Å². The summed E-state index contributed by atoms with van der Waals surface area (Å²) in [6.07, 6.45) is 0. The van der Waals surface area contributed by atoms with E-state index in [1.807, 2.05) is 31.0 Å². The molecule has 5 nitrogen and oxygen atoms in total. The van der Waals surface area contributed by atoms with Crippen LogP contribution in [0.3, 0.4) is 0 Å². The number of carbonyl (C=O) groups is 2. The van der Waals surface area contributed by atoms with Gasteiger partial charge in [0.05, 0.1) is 13.1 Å². The highest BCUT2D eigenvalue weighted by molar-refractivity contribution is 5.85. The number of hydrogen-bond donors (Lipinski definition) is 2. The molecular weight excluding hydrogens is 290 g/mol. The van der Waals surface area contributed by atoms with Gasteiger partial charge in [0.1, 0.15) is 0 Å². The third-order valence-corrected chi connectivity index (χ3v) is 3.50. The van der Waals surface area contributed by atoms with Gasteiger partial charge in [-0.15, -0.1) is 0 Å². The topological polar surface area (TPSA) is 61.4 Å². The quantitative estimate of drug-likeness (QED) is 0.815. The maximum atomic E-state index is 11.8. The molecule has 0 bridgehead atoms. The molecule has 0 aliphatic carbocycles. The summed E-state index contributed by atoms with van der Waals surface area (Å²) < 4.78 is 0. The number of carbonyl (C=O) groups excluding carboxylic acids is 2. The number of benzene rings is 2. The average Bonchev–Trinajstić information content (AvgIpc) is 2.53. The Kier molecular flexibility index (Phi) is 6.11. The summed E-state index contributed by atoms with van der Waals surface area (Å²) in [5.74, 6) is -0.322. The molecule has 0 radical (unpaired) electrons. The van der Waals surface area contributed by atoms with Crippen LogP contribution >= 0.6 is 0 Å². The molecule has 23 heavy (non-hydrogen) atoms. The molecule has 0 aliphatic heterocycles. The molecule has 0 heterocycles. The Hall–Kier alpha value is -2.40. The highest BCUT2D eigenvalue weighted by Crippen LogP contribution is 2.16. The lowest BCUT2D eigenvalue weighted by molar-refractivity contribution is -0.126. The van der Waals surface area contributed by atoms with E-state index >= 15 is 0 Å². The molecule has 0 fully saturated rings. The summed E-state index contributed by atoms with van der Waals surface area (Å²) >= 11 is 0. The molecule has 2 rings (SSSR count). The van der Waals surface area contributed by atoms with E-state index in [9.17, 15) is 9.59 Å². The standard InChI is InChI=1S/C18H23N3O2/c1-3-19-17(22)11-20-18(23)13-21(2)12-14-8-9-15-6-4-5-7-16(15)10-14/h4-10H,3,11-13H2,1-2H3,(H,19,22)(H,20,23). The number of amides is 2. The van der Waals surface area contributed by atoms with E-state index in [4.69, 9.17) is 0 Å². The van der Waals surface area contributed by atoms with Crippen LogP contribution < -0.4 is 10.6 Å². The van der Waals surface area contributed by atoms with E-state index in [0.29, 0.717) is 13.1 Å². The van der Waals surface area contributed by atoms with Crippen LogP contribution in [0.1, 0.15) is 12.5 Å². The molecule has 0 spiro atoms. The predicted molar refractivity (Wildman–Crippen MR) is 92.0 cm³/mol. The molecule has 122 valence electrons. The fraction of sp³-hybridized carbons (Fsp3) is 0.333. The van der Waals surface area contributed by atoms with Crippen molar-refractivity contribution in [2.75, 3.05) is 26.7 Å². The molecule has 2 aromatic carbocycles. The second-order valence-electron chi connectivity index (χ2n) is 5.58. The van der Waals surface area contributed by atoms with E-state index in [1.54, 1.807) is 0 Å². The summed E-state index contributed by atoms with van der Waals surface area (Å²) in [5.41, 5.74) is 1.16. The van der Waals surface area contributed by atoms with Gasteiger partial charge in [0.25, 0.3) is 0 Å². The zero-order valence-corrected chi connectivity index (χ0v) is 13.6. The highest BCUT2D eigenvalue weighted by atomic mass is 16.2. The lowest BCUT2D eigenvalue weighted by atomic mass is 10.1. The van der Waals surface area contributed by atoms with Crippen LogP contribution in [0.5, 0.6) is 0 Å². The average molecular weight is 313 g/mol. The van der Waals surface area contributed by atoms with Crippen molar-refractivity contribution in [3.05, 3.63) is 48.0 Å². The van der Waals surface area contributed by atoms with Gasteiger partial charge in [-0.2, -0.15) is 0 Å². The van der Waals surface area contributed by atoms with Crippen molar-refractivity contribution in [3.63, 3.8) is 0 Å². The Bertz CT molecular complexity index is 685. The van der Waals surface area contributed by atoms with Crippen LogP contribution in [0.15, 0.2) is 42.5 Å². The lowest BCUT2D eigenvalue weighted by Gasteiger charge is -2.16. The Balaban J connectivity index is 1.84. The SMILES string of the molecule is CCNC(=O)CNC(=O)CN(C)Cc1ccc2ccccc2c1. The van der Waals surface area contributed by atoms with Crippen molar-refractivity contribution in [2.24, 2.45) is 0 Å². The monoisotopic (exact) mass is 313 g/mol. The van der Waals surface area contributed by atoms with E-state index in [1.165, 1.54) is 10.8 Å². The van der Waals surface area contributed by atoms with Gasteiger partial charge in [0.15, 0.2) is 0 Å². The summed E-state index contributed by atoms with van der Waals surface area (Å²) in [6.45, 7) is 3.37. The van der Waals surface area contributed by atoms with Crippen molar-refractivity contribution in [2.45, 2.75) is 13.5 Å². The van der Waals surface area contributed by atoms with Gasteiger partial charge in [-0.1, -0.05) is 36.4 Å². The van der Waals surface area contributed by atoms with E-state index < -0.39 is 0 Å². The first kappa shape index (κ1) is 17.0. The van der Waals surface area contributed by atoms with Crippen LogP contribution in [0, 0.1) is 0 Å². The number of likely N-dealkylation sites (N-methyl/N-ethyl adjacent to an activating group) is 2. The molecule has 0 aromatic heterocycles. The van der Waals surface area contributed by atoms with Crippen LogP contribution in [0.4, 0.5) is 0 Å². The molecule has 5 heteroatoms. The normalized spacial score (nSPS) is 10.7. The second kappa shape index (κ2) is 8.29. The molecule has 0 saturated heterocycles. The zero-order chi connectivity index (χ0) is 16.7. The van der Waals surface area contributed by atoms with Crippen LogP contribution in [0.25, 0.3) is 10.8 Å². The highest BCUT2D eigenvalue weighted by Gasteiger charge is 2.09. The fourth-order valence-electron chi connectivity index (χ4n) is 2.44. The van der Waals surface area contributed by atoms with Gasteiger partial charge in [-0.05, 0) is 36.4 Å². The minimum Gasteiger partial charge on any atom is -0.355 e. The lowest BCUT2D eigenvalue weighted by Crippen LogP contribution is -2.41. The zero-order valence-electron chi connectivity index (χ0n) is 13.6. The Labute approximate surface area is 136 Å². The first-order valence-electron chi connectivity index (χ1n) is 7.78. The molecule has 0 aliphatic rings. The van der Waals surface area contributed by atoms with Crippen LogP contribution in [0.2, 0.25) is 0 Å². The number of nitrogens with zero attached hydrogens (tertiary/aromatic N) is 1. The largest absolute Gasteiger partial charge is 0.355 e. The maximum Gasteiger partial charge on any atom is 0.239 e. The third kappa shape index (κ3) is 5.38. The minimum absolute atomic E-state index is 0.0243. The minimum atomic E-state index is -0.168. The van der Waals surface area contributed by atoms with Gasteiger partial charge in [-0.25, -0.2) is 0 Å². The summed E-state index contributed by atoms with van der Waals surface area (Å²) in [6, 6.07) is 14.5. The third-order valence-electron chi connectivity index (χ3n) is 3.50. The number of hydrogen-bond acceptors (Lipinski definition) is 3.